The Labute approximate surface area is 241 Å². The molecular formula is C29H39N5O4S2. The molecule has 0 spiro atoms. The second-order valence-electron chi connectivity index (χ2n) is 10.3. The maximum atomic E-state index is 13.8. The highest BCUT2D eigenvalue weighted by molar-refractivity contribution is 7.89. The van der Waals surface area contributed by atoms with E-state index >= 15 is 0 Å². The molecule has 2 aromatic heterocycles. The van der Waals surface area contributed by atoms with Gasteiger partial charge in [0.05, 0.1) is 16.2 Å². The Morgan fingerprint density at radius 2 is 1.73 bits per heavy atom. The van der Waals surface area contributed by atoms with Crippen LogP contribution in [-0.4, -0.2) is 65.4 Å². The molecule has 0 fully saturated rings. The highest BCUT2D eigenvalue weighted by Crippen LogP contribution is 2.38. The van der Waals surface area contributed by atoms with Gasteiger partial charge in [0.1, 0.15) is 5.00 Å². The van der Waals surface area contributed by atoms with Crippen molar-refractivity contribution in [1.29, 1.82) is 0 Å². The van der Waals surface area contributed by atoms with Crippen molar-refractivity contribution in [3.63, 3.8) is 0 Å². The molecule has 0 saturated heterocycles. The molecule has 1 amide bonds. The Hall–Kier alpha value is -2.86. The Morgan fingerprint density at radius 1 is 1.05 bits per heavy atom. The van der Waals surface area contributed by atoms with Crippen LogP contribution in [0.1, 0.15) is 82.6 Å². The van der Waals surface area contributed by atoms with Crippen LogP contribution < -0.4 is 5.32 Å². The first-order valence-electron chi connectivity index (χ1n) is 14.0. The Morgan fingerprint density at radius 3 is 2.30 bits per heavy atom. The maximum Gasteiger partial charge on any atom is 0.281 e. The number of anilines is 1. The van der Waals surface area contributed by atoms with Gasteiger partial charge in [-0.25, -0.2) is 13.1 Å². The van der Waals surface area contributed by atoms with E-state index < -0.39 is 15.9 Å². The van der Waals surface area contributed by atoms with E-state index in [-0.39, 0.29) is 10.8 Å². The number of carbonyl (C=O) groups is 2. The Bertz CT molecular complexity index is 1470. The SMILES string of the molecule is CCCN1CCc2c(sc(NC(=O)c3ccc(S(=O)(=O)N(CCC)CCC)cc3)c2C(=O)n2nc(C)cc2C)C1. The molecule has 1 aromatic carbocycles. The smallest absolute Gasteiger partial charge is 0.281 e. The third-order valence-electron chi connectivity index (χ3n) is 7.02. The Kier molecular flexibility index (Phi) is 9.60. The number of fused-ring (bicyclic) bond motifs is 1. The van der Waals surface area contributed by atoms with Gasteiger partial charge in [-0.15, -0.1) is 11.3 Å². The second kappa shape index (κ2) is 12.8. The first kappa shape index (κ1) is 30.1. The molecule has 0 saturated carbocycles. The summed E-state index contributed by atoms with van der Waals surface area (Å²) in [5.74, 6) is -0.648. The summed E-state index contributed by atoms with van der Waals surface area (Å²) in [7, 11) is -3.64. The van der Waals surface area contributed by atoms with Crippen LogP contribution in [0.2, 0.25) is 0 Å². The predicted molar refractivity (Wildman–Crippen MR) is 159 cm³/mol. The molecule has 0 radical (unpaired) electrons. The van der Waals surface area contributed by atoms with Crippen LogP contribution in [0.3, 0.4) is 0 Å². The van der Waals surface area contributed by atoms with Gasteiger partial charge in [-0.2, -0.15) is 9.40 Å². The van der Waals surface area contributed by atoms with Crippen molar-refractivity contribution in [2.24, 2.45) is 0 Å². The third kappa shape index (κ3) is 6.22. The first-order chi connectivity index (χ1) is 19.1. The largest absolute Gasteiger partial charge is 0.313 e. The van der Waals surface area contributed by atoms with E-state index in [1.165, 1.54) is 44.6 Å². The molecule has 0 unspecified atom stereocenters. The van der Waals surface area contributed by atoms with Crippen LogP contribution in [-0.2, 0) is 23.0 Å². The van der Waals surface area contributed by atoms with Crippen molar-refractivity contribution in [2.45, 2.75) is 71.7 Å². The van der Waals surface area contributed by atoms with Crippen molar-refractivity contribution >= 4 is 38.2 Å². The number of hydrogen-bond donors (Lipinski definition) is 1. The normalized spacial score (nSPS) is 13.9. The number of nitrogens with one attached hydrogen (secondary N) is 1. The van der Waals surface area contributed by atoms with Gasteiger partial charge in [0.2, 0.25) is 10.0 Å². The molecule has 216 valence electrons. The average Bonchev–Trinajstić information content (AvgIpc) is 3.46. The second-order valence-corrected chi connectivity index (χ2v) is 13.3. The molecule has 3 heterocycles. The molecular weight excluding hydrogens is 546 g/mol. The number of rotatable bonds is 11. The maximum absolute atomic E-state index is 13.8. The van der Waals surface area contributed by atoms with E-state index in [1.807, 2.05) is 33.8 Å². The van der Waals surface area contributed by atoms with E-state index in [0.29, 0.717) is 29.2 Å². The first-order valence-corrected chi connectivity index (χ1v) is 16.2. The summed E-state index contributed by atoms with van der Waals surface area (Å²) in [6.45, 7) is 13.2. The molecule has 0 bridgehead atoms. The highest BCUT2D eigenvalue weighted by atomic mass is 32.2. The van der Waals surface area contributed by atoms with Gasteiger partial charge < -0.3 is 5.32 Å². The van der Waals surface area contributed by atoms with Crippen LogP contribution in [0.25, 0.3) is 0 Å². The fourth-order valence-corrected chi connectivity index (χ4v) is 8.07. The molecule has 1 N–H and O–H groups in total. The average molecular weight is 586 g/mol. The van der Waals surface area contributed by atoms with Crippen molar-refractivity contribution < 1.29 is 18.0 Å². The van der Waals surface area contributed by atoms with Crippen LogP contribution in [0, 0.1) is 13.8 Å². The van der Waals surface area contributed by atoms with Gasteiger partial charge in [-0.1, -0.05) is 20.8 Å². The van der Waals surface area contributed by atoms with Gasteiger partial charge in [0, 0.05) is 42.3 Å². The van der Waals surface area contributed by atoms with E-state index in [2.05, 4.69) is 22.2 Å². The van der Waals surface area contributed by atoms with E-state index in [4.69, 9.17) is 0 Å². The molecule has 9 nitrogen and oxygen atoms in total. The van der Waals surface area contributed by atoms with Crippen LogP contribution >= 0.6 is 11.3 Å². The standard InChI is InChI=1S/C29H39N5O4S2/c1-6-14-32-17-13-24-25(19-32)39-28(26(24)29(36)34-21(5)18-20(4)31-34)30-27(35)22-9-11-23(12-10-22)40(37,38)33(15-7-2)16-8-3/h9-12,18H,6-8,13-17,19H2,1-5H3,(H,30,35). The van der Waals surface area contributed by atoms with Crippen molar-refractivity contribution in [1.82, 2.24) is 19.0 Å². The minimum absolute atomic E-state index is 0.161. The van der Waals surface area contributed by atoms with Gasteiger partial charge in [-0.3, -0.25) is 14.5 Å². The number of nitrogens with zero attached hydrogens (tertiary/aromatic N) is 4. The lowest BCUT2D eigenvalue weighted by Gasteiger charge is -2.26. The zero-order chi connectivity index (χ0) is 29.0. The lowest BCUT2D eigenvalue weighted by atomic mass is 10.0. The van der Waals surface area contributed by atoms with Crippen LogP contribution in [0.5, 0.6) is 0 Å². The summed E-state index contributed by atoms with van der Waals surface area (Å²) in [5, 5.41) is 7.87. The predicted octanol–water partition coefficient (Wildman–Crippen LogP) is 5.08. The Balaban J connectivity index is 1.64. The van der Waals surface area contributed by atoms with Crippen LogP contribution in [0.4, 0.5) is 5.00 Å². The topological polar surface area (TPSA) is 105 Å². The van der Waals surface area contributed by atoms with Gasteiger partial charge in [0.15, 0.2) is 0 Å². The molecule has 0 atom stereocenters. The van der Waals surface area contributed by atoms with Crippen molar-refractivity contribution in [2.75, 3.05) is 31.5 Å². The summed E-state index contributed by atoms with van der Waals surface area (Å²) in [6, 6.07) is 7.86. The fourth-order valence-electron chi connectivity index (χ4n) is 5.17. The number of aryl methyl sites for hydroxylation is 2. The minimum Gasteiger partial charge on any atom is -0.313 e. The van der Waals surface area contributed by atoms with E-state index in [9.17, 15) is 18.0 Å². The third-order valence-corrected chi connectivity index (χ3v) is 10.1. The number of hydrogen-bond acceptors (Lipinski definition) is 7. The lowest BCUT2D eigenvalue weighted by molar-refractivity contribution is 0.0942. The van der Waals surface area contributed by atoms with Crippen LogP contribution in [0.15, 0.2) is 35.2 Å². The number of carbonyl (C=O) groups excluding carboxylic acids is 2. The molecule has 4 rings (SSSR count). The van der Waals surface area contributed by atoms with E-state index in [0.717, 1.165) is 67.1 Å². The number of sulfonamides is 1. The highest BCUT2D eigenvalue weighted by Gasteiger charge is 2.30. The summed E-state index contributed by atoms with van der Waals surface area (Å²) >= 11 is 1.43. The summed E-state index contributed by atoms with van der Waals surface area (Å²) in [6.07, 6.45) is 3.21. The van der Waals surface area contributed by atoms with Crippen molar-refractivity contribution in [3.8, 4) is 0 Å². The number of aromatic nitrogens is 2. The van der Waals surface area contributed by atoms with Crippen molar-refractivity contribution in [3.05, 3.63) is 63.3 Å². The molecule has 1 aliphatic heterocycles. The minimum atomic E-state index is -3.64. The monoisotopic (exact) mass is 585 g/mol. The number of amides is 1. The molecule has 1 aliphatic rings. The summed E-state index contributed by atoms with van der Waals surface area (Å²) < 4.78 is 29.2. The van der Waals surface area contributed by atoms with Gasteiger partial charge in [0.25, 0.3) is 11.8 Å². The lowest BCUT2D eigenvalue weighted by Crippen LogP contribution is -2.32. The number of benzene rings is 1. The zero-order valence-corrected chi connectivity index (χ0v) is 25.6. The van der Waals surface area contributed by atoms with Gasteiger partial charge in [-0.05, 0) is 82.0 Å². The summed E-state index contributed by atoms with van der Waals surface area (Å²) in [5.41, 5.74) is 3.27. The molecule has 3 aromatic rings. The number of thiophene rings is 1. The molecule has 0 aliphatic carbocycles. The van der Waals surface area contributed by atoms with Gasteiger partial charge >= 0.3 is 0 Å². The fraction of sp³-hybridized carbons (Fsp3) is 0.483. The molecule has 11 heteroatoms. The zero-order valence-electron chi connectivity index (χ0n) is 24.0. The quantitative estimate of drug-likeness (QED) is 0.337. The van der Waals surface area contributed by atoms with E-state index in [1.54, 1.807) is 0 Å². The molecule has 40 heavy (non-hydrogen) atoms. The summed E-state index contributed by atoms with van der Waals surface area (Å²) in [4.78, 5) is 30.7.